The van der Waals surface area contributed by atoms with Gasteiger partial charge in [-0.05, 0) is 79.4 Å². The van der Waals surface area contributed by atoms with Crippen LogP contribution in [0.4, 0.5) is 4.39 Å². The summed E-state index contributed by atoms with van der Waals surface area (Å²) in [5, 5.41) is -1.29. The van der Waals surface area contributed by atoms with E-state index >= 15 is 0 Å². The number of nitrogens with zero attached hydrogens (tertiary/aromatic N) is 1. The molecule has 3 aromatic rings. The van der Waals surface area contributed by atoms with Crippen molar-refractivity contribution in [3.05, 3.63) is 82.9 Å². The minimum Gasteiger partial charge on any atom is -0.495 e. The van der Waals surface area contributed by atoms with Crippen molar-refractivity contribution in [2.75, 3.05) is 13.7 Å². The van der Waals surface area contributed by atoms with Gasteiger partial charge >= 0.3 is 0 Å². The molecule has 10 heteroatoms. The average molecular weight is 493 g/mol. The maximum Gasteiger partial charge on any atom is 0.244 e. The third-order valence-electron chi connectivity index (χ3n) is 5.42. The second kappa shape index (κ2) is 9.58. The summed E-state index contributed by atoms with van der Waals surface area (Å²) in [6.45, 7) is 4.61. The number of halogens is 1. The molecule has 1 atom stereocenters. The van der Waals surface area contributed by atoms with Crippen molar-refractivity contribution in [3.63, 3.8) is 0 Å². The van der Waals surface area contributed by atoms with Crippen LogP contribution in [0, 0.1) is 26.6 Å². The Hall–Kier alpha value is -2.82. The first kappa shape index (κ1) is 24.8. The van der Waals surface area contributed by atoms with Crippen LogP contribution in [-0.2, 0) is 19.9 Å². The molecule has 176 valence electrons. The summed E-state index contributed by atoms with van der Waals surface area (Å²) in [6, 6.07) is 9.68. The Labute approximate surface area is 193 Å². The molecule has 7 nitrogen and oxygen atoms in total. The molecule has 33 heavy (non-hydrogen) atoms. The molecule has 1 aromatic heterocycles. The molecule has 0 aliphatic carbocycles. The monoisotopic (exact) mass is 492 g/mol. The van der Waals surface area contributed by atoms with Crippen molar-refractivity contribution in [2.45, 2.75) is 35.8 Å². The lowest BCUT2D eigenvalue weighted by Gasteiger charge is -2.20. The van der Waals surface area contributed by atoms with Crippen molar-refractivity contribution in [1.29, 1.82) is 0 Å². The van der Waals surface area contributed by atoms with E-state index in [1.165, 1.54) is 44.6 Å². The molecule has 0 bridgehead atoms. The normalized spacial score (nSPS) is 13.0. The van der Waals surface area contributed by atoms with Crippen molar-refractivity contribution >= 4 is 19.9 Å². The number of ether oxygens (including phenoxy) is 1. The van der Waals surface area contributed by atoms with Crippen LogP contribution in [0.1, 0.15) is 27.5 Å². The smallest absolute Gasteiger partial charge is 0.244 e. The number of rotatable bonds is 8. The molecule has 0 spiro atoms. The molecule has 0 fully saturated rings. The summed E-state index contributed by atoms with van der Waals surface area (Å²) in [5.74, 6) is -0.380. The van der Waals surface area contributed by atoms with Gasteiger partial charge in [0.1, 0.15) is 21.7 Å². The first-order valence-corrected chi connectivity index (χ1v) is 13.0. The average Bonchev–Trinajstić information content (AvgIpc) is 2.77. The van der Waals surface area contributed by atoms with E-state index in [0.717, 1.165) is 17.2 Å². The highest BCUT2D eigenvalue weighted by molar-refractivity contribution is 7.92. The highest BCUT2D eigenvalue weighted by atomic mass is 32.2. The fourth-order valence-corrected chi connectivity index (χ4v) is 6.44. The quantitative estimate of drug-likeness (QED) is 0.482. The summed E-state index contributed by atoms with van der Waals surface area (Å²) in [7, 11) is -6.85. The van der Waals surface area contributed by atoms with Gasteiger partial charge in [-0.15, -0.1) is 0 Å². The topological polar surface area (TPSA) is 102 Å². The zero-order valence-electron chi connectivity index (χ0n) is 18.7. The van der Waals surface area contributed by atoms with Gasteiger partial charge in [0.05, 0.1) is 12.0 Å². The highest BCUT2D eigenvalue weighted by Crippen LogP contribution is 2.31. The number of hydrogen-bond donors (Lipinski definition) is 1. The minimum absolute atomic E-state index is 0.0898. The SMILES string of the molecule is COc1cc(C)c(C)cc1S(=O)(=O)NCC(c1cccnc1)S(=O)(=O)c1ccc(F)c(C)c1. The van der Waals surface area contributed by atoms with Crippen LogP contribution < -0.4 is 9.46 Å². The molecule has 1 N–H and O–H groups in total. The molecule has 0 radical (unpaired) electrons. The Bertz CT molecular complexity index is 1380. The molecule has 2 aromatic carbocycles. The predicted molar refractivity (Wildman–Crippen MR) is 123 cm³/mol. The third-order valence-corrected chi connectivity index (χ3v) is 8.96. The standard InChI is InChI=1S/C23H25FN2O5S2/c1-15-11-21(31-4)22(12-16(15)2)33(29,30)26-14-23(18-6-5-9-25-13-18)32(27,28)19-7-8-20(24)17(3)10-19/h5-13,23,26H,14H2,1-4H3. The first-order valence-electron chi connectivity index (χ1n) is 10.0. The van der Waals surface area contributed by atoms with Gasteiger partial charge in [0.2, 0.25) is 10.0 Å². The van der Waals surface area contributed by atoms with Crippen molar-refractivity contribution in [1.82, 2.24) is 9.71 Å². The van der Waals surface area contributed by atoms with E-state index < -0.39 is 37.5 Å². The number of aryl methyl sites for hydroxylation is 3. The zero-order chi connectivity index (χ0) is 24.4. The van der Waals surface area contributed by atoms with Crippen molar-refractivity contribution < 1.29 is 26.0 Å². The Morgan fingerprint density at radius 1 is 1.00 bits per heavy atom. The first-order chi connectivity index (χ1) is 15.5. The Balaban J connectivity index is 2.02. The zero-order valence-corrected chi connectivity index (χ0v) is 20.3. The van der Waals surface area contributed by atoms with Gasteiger partial charge in [-0.2, -0.15) is 0 Å². The van der Waals surface area contributed by atoms with E-state index in [1.54, 1.807) is 25.1 Å². The summed E-state index contributed by atoms with van der Waals surface area (Å²) >= 11 is 0. The Morgan fingerprint density at radius 3 is 2.30 bits per heavy atom. The largest absolute Gasteiger partial charge is 0.495 e. The number of sulfone groups is 1. The van der Waals surface area contributed by atoms with Crippen LogP contribution in [0.3, 0.4) is 0 Å². The maximum absolute atomic E-state index is 13.7. The molecular weight excluding hydrogens is 467 g/mol. The maximum atomic E-state index is 13.7. The summed E-state index contributed by atoms with van der Waals surface area (Å²) < 4.78 is 74.5. The van der Waals surface area contributed by atoms with Crippen LogP contribution in [0.15, 0.2) is 64.6 Å². The van der Waals surface area contributed by atoms with Gasteiger partial charge in [-0.1, -0.05) is 6.07 Å². The lowest BCUT2D eigenvalue weighted by Crippen LogP contribution is -2.32. The molecule has 0 saturated heterocycles. The van der Waals surface area contributed by atoms with E-state index in [-0.39, 0.29) is 21.1 Å². The molecule has 3 rings (SSSR count). The molecule has 0 saturated carbocycles. The van der Waals surface area contributed by atoms with Crippen LogP contribution in [0.25, 0.3) is 0 Å². The van der Waals surface area contributed by atoms with Gasteiger partial charge in [0, 0.05) is 18.9 Å². The van der Waals surface area contributed by atoms with Crippen molar-refractivity contribution in [2.24, 2.45) is 0 Å². The highest BCUT2D eigenvalue weighted by Gasteiger charge is 2.32. The molecular formula is C23H25FN2O5S2. The van der Waals surface area contributed by atoms with Gasteiger partial charge in [-0.3, -0.25) is 4.98 Å². The second-order valence-electron chi connectivity index (χ2n) is 7.67. The second-order valence-corrected chi connectivity index (χ2v) is 11.5. The number of sulfonamides is 1. The van der Waals surface area contributed by atoms with Gasteiger partial charge in [0.25, 0.3) is 0 Å². The van der Waals surface area contributed by atoms with E-state index in [0.29, 0.717) is 5.56 Å². The van der Waals surface area contributed by atoms with Crippen LogP contribution in [0.5, 0.6) is 5.75 Å². The van der Waals surface area contributed by atoms with E-state index in [4.69, 9.17) is 4.74 Å². The van der Waals surface area contributed by atoms with Gasteiger partial charge in [-0.25, -0.2) is 25.9 Å². The number of methoxy groups -OCH3 is 1. The Morgan fingerprint density at radius 2 is 1.70 bits per heavy atom. The molecule has 0 aliphatic heterocycles. The fourth-order valence-electron chi connectivity index (χ4n) is 3.33. The number of nitrogens with one attached hydrogen (secondary N) is 1. The summed E-state index contributed by atoms with van der Waals surface area (Å²) in [5.41, 5.74) is 2.07. The number of pyridine rings is 1. The lowest BCUT2D eigenvalue weighted by atomic mass is 10.1. The lowest BCUT2D eigenvalue weighted by molar-refractivity contribution is 0.402. The van der Waals surface area contributed by atoms with E-state index in [9.17, 15) is 21.2 Å². The number of hydrogen-bond acceptors (Lipinski definition) is 6. The van der Waals surface area contributed by atoms with Crippen LogP contribution >= 0.6 is 0 Å². The fraction of sp³-hybridized carbons (Fsp3) is 0.261. The van der Waals surface area contributed by atoms with Crippen molar-refractivity contribution in [3.8, 4) is 5.75 Å². The molecule has 1 unspecified atom stereocenters. The molecule has 0 aliphatic rings. The van der Waals surface area contributed by atoms with Crippen LogP contribution in [-0.4, -0.2) is 35.5 Å². The van der Waals surface area contributed by atoms with Gasteiger partial charge < -0.3 is 4.74 Å². The summed E-state index contributed by atoms with van der Waals surface area (Å²) in [6.07, 6.45) is 2.85. The van der Waals surface area contributed by atoms with Crippen LogP contribution in [0.2, 0.25) is 0 Å². The van der Waals surface area contributed by atoms with E-state index in [1.807, 2.05) is 6.92 Å². The number of aromatic nitrogens is 1. The van der Waals surface area contributed by atoms with Gasteiger partial charge in [0.15, 0.2) is 9.84 Å². The minimum atomic E-state index is -4.12. The Kier molecular flexibility index (Phi) is 7.20. The molecule has 0 amide bonds. The molecule has 1 heterocycles. The summed E-state index contributed by atoms with van der Waals surface area (Å²) in [4.78, 5) is 3.77. The third kappa shape index (κ3) is 5.23. The van der Waals surface area contributed by atoms with E-state index in [2.05, 4.69) is 9.71 Å². The number of benzene rings is 2. The predicted octanol–water partition coefficient (Wildman–Crippen LogP) is 3.65.